The van der Waals surface area contributed by atoms with Gasteiger partial charge < -0.3 is 9.64 Å². The molecule has 0 spiro atoms. The summed E-state index contributed by atoms with van der Waals surface area (Å²) in [5.41, 5.74) is 1.77. The molecule has 1 aliphatic heterocycles. The van der Waals surface area contributed by atoms with Crippen LogP contribution in [0.4, 0.5) is 4.39 Å². The van der Waals surface area contributed by atoms with Crippen LogP contribution < -0.4 is 4.74 Å². The molecule has 34 heavy (non-hydrogen) atoms. The minimum Gasteiger partial charge on any atom is -0.497 e. The van der Waals surface area contributed by atoms with Gasteiger partial charge in [0.15, 0.2) is 0 Å². The normalized spacial score (nSPS) is 15.7. The molecule has 1 unspecified atom stereocenters. The largest absolute Gasteiger partial charge is 0.497 e. The van der Waals surface area contributed by atoms with Crippen LogP contribution in [0.5, 0.6) is 5.75 Å². The number of methoxy groups -OCH3 is 1. The lowest BCUT2D eigenvalue weighted by atomic mass is 9.93. The first-order valence-electron chi connectivity index (χ1n) is 10.7. The maximum absolute atomic E-state index is 13.6. The van der Waals surface area contributed by atoms with Crippen LogP contribution in [0.25, 0.3) is 0 Å². The Morgan fingerprint density at radius 2 is 1.91 bits per heavy atom. The number of hydrogen-bond donors (Lipinski definition) is 0. The fourth-order valence-electron chi connectivity index (χ4n) is 4.12. The smallest absolute Gasteiger partial charge is 0.243 e. The second kappa shape index (κ2) is 10.1. The third-order valence-corrected chi connectivity index (χ3v) is 8.64. The molecule has 3 aromatic rings. The van der Waals surface area contributed by atoms with Gasteiger partial charge in [-0.25, -0.2) is 12.8 Å². The van der Waals surface area contributed by atoms with Gasteiger partial charge in [0.05, 0.1) is 24.6 Å². The highest BCUT2D eigenvalue weighted by molar-refractivity contribution is 7.89. The number of fused-ring (bicyclic) bond motifs is 1. The monoisotopic (exact) mass is 500 g/mol. The average Bonchev–Trinajstić information content (AvgIpc) is 3.32. The van der Waals surface area contributed by atoms with Gasteiger partial charge >= 0.3 is 0 Å². The molecular formula is C25H25FN2O4S2. The lowest BCUT2D eigenvalue weighted by Crippen LogP contribution is -2.46. The fraction of sp³-hybridized carbons (Fsp3) is 0.240. The van der Waals surface area contributed by atoms with Crippen LogP contribution in [0, 0.1) is 5.82 Å². The predicted molar refractivity (Wildman–Crippen MR) is 130 cm³/mol. The van der Waals surface area contributed by atoms with Crippen molar-refractivity contribution in [2.75, 3.05) is 26.7 Å². The number of carbonyl (C=O) groups excluding carboxylic acids is 1. The zero-order valence-electron chi connectivity index (χ0n) is 18.7. The Hall–Kier alpha value is -3.01. The highest BCUT2D eigenvalue weighted by Crippen LogP contribution is 2.38. The molecule has 0 fully saturated rings. The van der Waals surface area contributed by atoms with Crippen molar-refractivity contribution in [3.63, 3.8) is 0 Å². The number of halogens is 1. The molecule has 1 amide bonds. The molecule has 9 heteroatoms. The molecule has 2 heterocycles. The van der Waals surface area contributed by atoms with Gasteiger partial charge in [0, 0.05) is 18.0 Å². The summed E-state index contributed by atoms with van der Waals surface area (Å²) in [6.45, 7) is 3.76. The van der Waals surface area contributed by atoms with E-state index in [1.54, 1.807) is 40.5 Å². The molecule has 0 N–H and O–H groups in total. The summed E-state index contributed by atoms with van der Waals surface area (Å²) < 4.78 is 46.4. The standard InChI is InChI=1S/C25H25FN2O4S2/c1-3-14-27(34(30,31)21-10-8-20(32-2)9-11-21)17-24(29)28-15-12-23-22(13-16-33-23)25(28)18-4-6-19(26)7-5-18/h3-11,13,16,25H,1,12,14-15,17H2,2H3. The molecule has 0 bridgehead atoms. The van der Waals surface area contributed by atoms with Crippen LogP contribution in [-0.4, -0.2) is 50.3 Å². The Balaban J connectivity index is 1.64. The third-order valence-electron chi connectivity index (χ3n) is 5.81. The van der Waals surface area contributed by atoms with E-state index in [1.807, 2.05) is 11.4 Å². The Morgan fingerprint density at radius 1 is 1.21 bits per heavy atom. The molecule has 0 aliphatic carbocycles. The van der Waals surface area contributed by atoms with E-state index < -0.39 is 16.1 Å². The lowest BCUT2D eigenvalue weighted by Gasteiger charge is -2.37. The van der Waals surface area contributed by atoms with Gasteiger partial charge in [-0.2, -0.15) is 4.31 Å². The van der Waals surface area contributed by atoms with Gasteiger partial charge in [-0.05, 0) is 65.4 Å². The number of hydrogen-bond acceptors (Lipinski definition) is 5. The summed E-state index contributed by atoms with van der Waals surface area (Å²) >= 11 is 1.63. The zero-order valence-corrected chi connectivity index (χ0v) is 20.3. The molecule has 1 aromatic heterocycles. The number of rotatable bonds is 8. The number of benzene rings is 2. The summed E-state index contributed by atoms with van der Waals surface area (Å²) in [6, 6.07) is 13.7. The molecule has 0 saturated carbocycles. The molecule has 1 aliphatic rings. The van der Waals surface area contributed by atoms with Gasteiger partial charge in [0.1, 0.15) is 11.6 Å². The van der Waals surface area contributed by atoms with E-state index in [2.05, 4.69) is 6.58 Å². The molecule has 4 rings (SSSR count). The van der Waals surface area contributed by atoms with E-state index in [9.17, 15) is 17.6 Å². The van der Waals surface area contributed by atoms with E-state index >= 15 is 0 Å². The lowest BCUT2D eigenvalue weighted by molar-refractivity contribution is -0.133. The van der Waals surface area contributed by atoms with Crippen LogP contribution >= 0.6 is 11.3 Å². The summed E-state index contributed by atoms with van der Waals surface area (Å²) in [6.07, 6.45) is 2.14. The quantitative estimate of drug-likeness (QED) is 0.434. The number of carbonyl (C=O) groups is 1. The van der Waals surface area contributed by atoms with Crippen molar-refractivity contribution >= 4 is 27.3 Å². The van der Waals surface area contributed by atoms with Gasteiger partial charge in [-0.1, -0.05) is 18.2 Å². The maximum atomic E-state index is 13.6. The van der Waals surface area contributed by atoms with E-state index in [-0.39, 0.29) is 29.7 Å². The summed E-state index contributed by atoms with van der Waals surface area (Å²) in [4.78, 5) is 16.5. The van der Waals surface area contributed by atoms with E-state index in [1.165, 1.54) is 42.3 Å². The van der Waals surface area contributed by atoms with Gasteiger partial charge in [-0.15, -0.1) is 17.9 Å². The molecule has 178 valence electrons. The van der Waals surface area contributed by atoms with Crippen LogP contribution in [0.2, 0.25) is 0 Å². The zero-order chi connectivity index (χ0) is 24.3. The van der Waals surface area contributed by atoms with E-state index in [0.717, 1.165) is 15.4 Å². The van der Waals surface area contributed by atoms with Gasteiger partial charge in [0.2, 0.25) is 15.9 Å². The van der Waals surface area contributed by atoms with Crippen LogP contribution in [0.1, 0.15) is 22.0 Å². The Labute approximate surface area is 202 Å². The summed E-state index contributed by atoms with van der Waals surface area (Å²) in [5.74, 6) is -0.150. The SMILES string of the molecule is C=CCN(CC(=O)N1CCc2sccc2C1c1ccc(F)cc1)S(=O)(=O)c1ccc(OC)cc1. The summed E-state index contributed by atoms with van der Waals surface area (Å²) in [5, 5.41) is 1.98. The van der Waals surface area contributed by atoms with Crippen molar-refractivity contribution in [2.24, 2.45) is 0 Å². The molecule has 1 atom stereocenters. The van der Waals surface area contributed by atoms with E-state index in [4.69, 9.17) is 4.74 Å². The van der Waals surface area contributed by atoms with Crippen molar-refractivity contribution in [1.29, 1.82) is 0 Å². The second-order valence-corrected chi connectivity index (χ2v) is 10.8. The van der Waals surface area contributed by atoms with Gasteiger partial charge in [0.25, 0.3) is 0 Å². The third kappa shape index (κ3) is 4.77. The van der Waals surface area contributed by atoms with Crippen molar-refractivity contribution in [1.82, 2.24) is 9.21 Å². The first-order chi connectivity index (χ1) is 16.3. The molecule has 6 nitrogen and oxygen atoms in total. The average molecular weight is 501 g/mol. The van der Waals surface area contributed by atoms with Gasteiger partial charge in [-0.3, -0.25) is 4.79 Å². The molecule has 0 radical (unpaired) electrons. The Bertz CT molecular complexity index is 1270. The highest BCUT2D eigenvalue weighted by Gasteiger charge is 2.35. The van der Waals surface area contributed by atoms with Crippen LogP contribution in [0.15, 0.2) is 77.5 Å². The number of nitrogens with zero attached hydrogens (tertiary/aromatic N) is 2. The number of ether oxygens (including phenoxy) is 1. The second-order valence-electron chi connectivity index (χ2n) is 7.85. The van der Waals surface area contributed by atoms with Crippen molar-refractivity contribution < 1.29 is 22.3 Å². The number of amides is 1. The fourth-order valence-corrected chi connectivity index (χ4v) is 6.38. The molecule has 0 saturated heterocycles. The minimum atomic E-state index is -3.95. The Kier molecular flexibility index (Phi) is 7.16. The van der Waals surface area contributed by atoms with Crippen molar-refractivity contribution in [2.45, 2.75) is 17.4 Å². The van der Waals surface area contributed by atoms with Crippen LogP contribution in [0.3, 0.4) is 0 Å². The minimum absolute atomic E-state index is 0.0150. The van der Waals surface area contributed by atoms with Crippen LogP contribution in [-0.2, 0) is 21.2 Å². The first kappa shape index (κ1) is 24.1. The summed E-state index contributed by atoms with van der Waals surface area (Å²) in [7, 11) is -2.45. The molecular weight excluding hydrogens is 475 g/mol. The van der Waals surface area contributed by atoms with Crippen molar-refractivity contribution in [3.8, 4) is 5.75 Å². The van der Waals surface area contributed by atoms with Crippen molar-refractivity contribution in [3.05, 3.63) is 94.5 Å². The predicted octanol–water partition coefficient (Wildman–Crippen LogP) is 4.25. The molecule has 2 aromatic carbocycles. The highest BCUT2D eigenvalue weighted by atomic mass is 32.2. The number of sulfonamides is 1. The number of thiophene rings is 1. The topological polar surface area (TPSA) is 66.9 Å². The first-order valence-corrected chi connectivity index (χ1v) is 13.0. The van der Waals surface area contributed by atoms with E-state index in [0.29, 0.717) is 18.7 Å². The maximum Gasteiger partial charge on any atom is 0.243 e. The Morgan fingerprint density at radius 3 is 2.56 bits per heavy atom.